The van der Waals surface area contributed by atoms with E-state index in [1.165, 1.54) is 4.68 Å². The lowest BCUT2D eigenvalue weighted by Gasteiger charge is -2.01. The number of aryl methyl sites for hydroxylation is 2. The van der Waals surface area contributed by atoms with Gasteiger partial charge in [0.2, 0.25) is 0 Å². The average Bonchev–Trinajstić information content (AvgIpc) is 2.56. The molecule has 0 aliphatic heterocycles. The van der Waals surface area contributed by atoms with Gasteiger partial charge >= 0.3 is 0 Å². The first-order valence-electron chi connectivity index (χ1n) is 5.37. The second-order valence-electron chi connectivity index (χ2n) is 3.90. The van der Waals surface area contributed by atoms with Gasteiger partial charge in [0.15, 0.2) is 5.82 Å². The van der Waals surface area contributed by atoms with Crippen molar-refractivity contribution in [2.24, 2.45) is 0 Å². The van der Waals surface area contributed by atoms with E-state index in [1.807, 2.05) is 32.9 Å². The SMILES string of the molecule is CCc1[nH]n(-c2cc(C)ccn2)c(=O)c1C. The fourth-order valence-electron chi connectivity index (χ4n) is 1.71. The largest absolute Gasteiger partial charge is 0.293 e. The van der Waals surface area contributed by atoms with E-state index in [4.69, 9.17) is 0 Å². The molecule has 0 unspecified atom stereocenters. The predicted molar refractivity (Wildman–Crippen MR) is 63.0 cm³/mol. The van der Waals surface area contributed by atoms with Gasteiger partial charge in [0, 0.05) is 17.5 Å². The first-order chi connectivity index (χ1) is 7.63. The van der Waals surface area contributed by atoms with Crippen molar-refractivity contribution in [3.63, 3.8) is 0 Å². The van der Waals surface area contributed by atoms with Gasteiger partial charge < -0.3 is 0 Å². The molecule has 0 fully saturated rings. The Hall–Kier alpha value is -1.84. The highest BCUT2D eigenvalue weighted by atomic mass is 16.1. The lowest BCUT2D eigenvalue weighted by Crippen LogP contribution is -2.16. The van der Waals surface area contributed by atoms with Crippen LogP contribution in [0.4, 0.5) is 0 Å². The molecule has 0 aliphatic carbocycles. The smallest absolute Gasteiger partial charge is 0.275 e. The molecule has 2 aromatic rings. The van der Waals surface area contributed by atoms with Crippen LogP contribution in [0.15, 0.2) is 23.1 Å². The van der Waals surface area contributed by atoms with Crippen molar-refractivity contribution in [2.45, 2.75) is 27.2 Å². The third-order valence-electron chi connectivity index (χ3n) is 2.71. The maximum atomic E-state index is 12.0. The van der Waals surface area contributed by atoms with Gasteiger partial charge in [-0.15, -0.1) is 0 Å². The monoisotopic (exact) mass is 217 g/mol. The minimum Gasteiger partial charge on any atom is -0.293 e. The van der Waals surface area contributed by atoms with Crippen LogP contribution < -0.4 is 5.56 Å². The molecule has 0 aliphatic rings. The predicted octanol–water partition coefficient (Wildman–Crippen LogP) is 1.74. The van der Waals surface area contributed by atoms with Gasteiger partial charge in [-0.1, -0.05) is 6.92 Å². The average molecular weight is 217 g/mol. The topological polar surface area (TPSA) is 50.7 Å². The lowest BCUT2D eigenvalue weighted by molar-refractivity contribution is 0.793. The molecular formula is C12H15N3O. The fraction of sp³-hybridized carbons (Fsp3) is 0.333. The number of nitrogens with one attached hydrogen (secondary N) is 1. The zero-order valence-electron chi connectivity index (χ0n) is 9.74. The van der Waals surface area contributed by atoms with E-state index >= 15 is 0 Å². The lowest BCUT2D eigenvalue weighted by atomic mass is 10.2. The number of pyridine rings is 1. The molecule has 0 saturated carbocycles. The number of aromatic nitrogens is 3. The summed E-state index contributed by atoms with van der Waals surface area (Å²) < 4.78 is 1.50. The summed E-state index contributed by atoms with van der Waals surface area (Å²) in [7, 11) is 0. The first-order valence-corrected chi connectivity index (χ1v) is 5.37. The van der Waals surface area contributed by atoms with Gasteiger partial charge in [0.1, 0.15) is 0 Å². The van der Waals surface area contributed by atoms with E-state index in [2.05, 4.69) is 10.1 Å². The Bertz CT molecular complexity index is 566. The minimum atomic E-state index is -0.0186. The molecule has 4 nitrogen and oxygen atoms in total. The Balaban J connectivity index is 2.61. The second kappa shape index (κ2) is 3.96. The van der Waals surface area contributed by atoms with Crippen molar-refractivity contribution in [2.75, 3.05) is 0 Å². The molecule has 4 heteroatoms. The molecule has 0 radical (unpaired) electrons. The van der Waals surface area contributed by atoms with Crippen LogP contribution in [0.3, 0.4) is 0 Å². The number of aromatic amines is 1. The third kappa shape index (κ3) is 1.66. The molecule has 1 N–H and O–H groups in total. The van der Waals surface area contributed by atoms with Crippen LogP contribution in [0.5, 0.6) is 0 Å². The minimum absolute atomic E-state index is 0.0186. The number of nitrogens with zero attached hydrogens (tertiary/aromatic N) is 2. The molecule has 2 aromatic heterocycles. The van der Waals surface area contributed by atoms with Crippen molar-refractivity contribution < 1.29 is 0 Å². The quantitative estimate of drug-likeness (QED) is 0.833. The van der Waals surface area contributed by atoms with Crippen LogP contribution in [0.1, 0.15) is 23.7 Å². The van der Waals surface area contributed by atoms with Crippen LogP contribution >= 0.6 is 0 Å². The fourth-order valence-corrected chi connectivity index (χ4v) is 1.71. The van der Waals surface area contributed by atoms with Crippen molar-refractivity contribution in [3.05, 3.63) is 45.5 Å². The molecule has 0 amide bonds. The Labute approximate surface area is 93.9 Å². The van der Waals surface area contributed by atoms with Crippen LogP contribution in [-0.4, -0.2) is 14.8 Å². The van der Waals surface area contributed by atoms with Crippen molar-refractivity contribution in [3.8, 4) is 5.82 Å². The first kappa shape index (κ1) is 10.7. The summed E-state index contributed by atoms with van der Waals surface area (Å²) in [5.74, 6) is 0.646. The molecule has 0 saturated heterocycles. The highest BCUT2D eigenvalue weighted by Gasteiger charge is 2.10. The van der Waals surface area contributed by atoms with Gasteiger partial charge in [0.25, 0.3) is 5.56 Å². The Kier molecular flexibility index (Phi) is 2.64. The van der Waals surface area contributed by atoms with Gasteiger partial charge in [-0.25, -0.2) is 9.67 Å². The van der Waals surface area contributed by atoms with E-state index in [1.54, 1.807) is 6.20 Å². The van der Waals surface area contributed by atoms with E-state index in [-0.39, 0.29) is 5.56 Å². The van der Waals surface area contributed by atoms with Crippen LogP contribution in [0, 0.1) is 13.8 Å². The molecule has 0 bridgehead atoms. The van der Waals surface area contributed by atoms with Crippen molar-refractivity contribution in [1.29, 1.82) is 0 Å². The standard InChI is InChI=1S/C12H15N3O/c1-4-10-9(3)12(16)15(14-10)11-7-8(2)5-6-13-11/h5-7,14H,4H2,1-3H3. The van der Waals surface area contributed by atoms with Crippen molar-refractivity contribution >= 4 is 0 Å². The van der Waals surface area contributed by atoms with Gasteiger partial charge in [-0.3, -0.25) is 9.89 Å². The van der Waals surface area contributed by atoms with Gasteiger partial charge in [-0.05, 0) is 38.0 Å². The molecule has 84 valence electrons. The summed E-state index contributed by atoms with van der Waals surface area (Å²) in [6.45, 7) is 5.84. The zero-order chi connectivity index (χ0) is 11.7. The highest BCUT2D eigenvalue weighted by Crippen LogP contribution is 2.06. The summed E-state index contributed by atoms with van der Waals surface area (Å²) in [5.41, 5.74) is 2.80. The molecule has 0 atom stereocenters. The van der Waals surface area contributed by atoms with Crippen LogP contribution in [0.2, 0.25) is 0 Å². The number of H-pyrrole nitrogens is 1. The third-order valence-corrected chi connectivity index (χ3v) is 2.71. The molecule has 0 aromatic carbocycles. The maximum absolute atomic E-state index is 12.0. The maximum Gasteiger partial charge on any atom is 0.275 e. The molecule has 16 heavy (non-hydrogen) atoms. The summed E-state index contributed by atoms with van der Waals surface area (Å²) >= 11 is 0. The highest BCUT2D eigenvalue weighted by molar-refractivity contribution is 5.28. The van der Waals surface area contributed by atoms with Gasteiger partial charge in [0.05, 0.1) is 0 Å². The Morgan fingerprint density at radius 2 is 2.19 bits per heavy atom. The summed E-state index contributed by atoms with van der Waals surface area (Å²) in [6, 6.07) is 3.79. The van der Waals surface area contributed by atoms with Crippen LogP contribution in [-0.2, 0) is 6.42 Å². The molecular weight excluding hydrogens is 202 g/mol. The Morgan fingerprint density at radius 3 is 2.75 bits per heavy atom. The van der Waals surface area contributed by atoms with Gasteiger partial charge in [-0.2, -0.15) is 0 Å². The normalized spacial score (nSPS) is 10.7. The number of hydrogen-bond acceptors (Lipinski definition) is 2. The summed E-state index contributed by atoms with van der Waals surface area (Å²) in [6.07, 6.45) is 2.53. The molecule has 2 heterocycles. The van der Waals surface area contributed by atoms with E-state index < -0.39 is 0 Å². The van der Waals surface area contributed by atoms with E-state index in [9.17, 15) is 4.79 Å². The molecule has 2 rings (SSSR count). The molecule has 0 spiro atoms. The van der Waals surface area contributed by atoms with Crippen molar-refractivity contribution in [1.82, 2.24) is 14.8 Å². The van der Waals surface area contributed by atoms with E-state index in [0.717, 1.165) is 23.2 Å². The van der Waals surface area contributed by atoms with Crippen LogP contribution in [0.25, 0.3) is 5.82 Å². The summed E-state index contributed by atoms with van der Waals surface area (Å²) in [4.78, 5) is 16.1. The number of rotatable bonds is 2. The Morgan fingerprint density at radius 1 is 1.44 bits per heavy atom. The van der Waals surface area contributed by atoms with E-state index in [0.29, 0.717) is 5.82 Å². The zero-order valence-corrected chi connectivity index (χ0v) is 9.74. The second-order valence-corrected chi connectivity index (χ2v) is 3.90. The summed E-state index contributed by atoms with van der Waals surface area (Å²) in [5, 5.41) is 3.08. The number of hydrogen-bond donors (Lipinski definition) is 1.